The van der Waals surface area contributed by atoms with Gasteiger partial charge in [-0.05, 0) is 24.0 Å². The van der Waals surface area contributed by atoms with Crippen LogP contribution in [0.25, 0.3) is 0 Å². The molecule has 0 bridgehead atoms. The molecule has 0 atom stereocenters. The number of esters is 1. The Morgan fingerprint density at radius 3 is 2.04 bits per heavy atom. The standard InChI is InChI=1S/C22H26O5/c23-13-7-14-26-17-20(24)16-22(25)27-15-12-21(18-8-3-1-4-9-18)19-10-5-2-6-11-19/h1-6,8-11,21,23H,7,12-17H2. The van der Waals surface area contributed by atoms with Crippen LogP contribution in [0.4, 0.5) is 0 Å². The number of hydrogen-bond acceptors (Lipinski definition) is 5. The number of ketones is 1. The van der Waals surface area contributed by atoms with Crippen LogP contribution >= 0.6 is 0 Å². The number of rotatable bonds is 12. The summed E-state index contributed by atoms with van der Waals surface area (Å²) in [6.07, 6.45) is 0.819. The van der Waals surface area contributed by atoms with Gasteiger partial charge in [0, 0.05) is 19.1 Å². The van der Waals surface area contributed by atoms with E-state index in [1.807, 2.05) is 36.4 Å². The monoisotopic (exact) mass is 370 g/mol. The number of ether oxygens (including phenoxy) is 2. The minimum absolute atomic E-state index is 0.0141. The smallest absolute Gasteiger partial charge is 0.313 e. The number of aliphatic hydroxyl groups is 1. The summed E-state index contributed by atoms with van der Waals surface area (Å²) in [6.45, 7) is 0.422. The lowest BCUT2D eigenvalue weighted by Gasteiger charge is -2.18. The lowest BCUT2D eigenvalue weighted by atomic mass is 9.89. The van der Waals surface area contributed by atoms with Crippen LogP contribution in [0, 0.1) is 0 Å². The molecule has 0 spiro atoms. The second kappa shape index (κ2) is 12.0. The van der Waals surface area contributed by atoms with Crippen molar-refractivity contribution >= 4 is 11.8 Å². The summed E-state index contributed by atoms with van der Waals surface area (Å²) in [7, 11) is 0. The Balaban J connectivity index is 1.82. The van der Waals surface area contributed by atoms with Gasteiger partial charge >= 0.3 is 5.97 Å². The van der Waals surface area contributed by atoms with Crippen molar-refractivity contribution in [1.82, 2.24) is 0 Å². The van der Waals surface area contributed by atoms with Gasteiger partial charge in [0.1, 0.15) is 13.0 Å². The van der Waals surface area contributed by atoms with Gasteiger partial charge in [0.25, 0.3) is 0 Å². The number of carbonyl (C=O) groups excluding carboxylic acids is 2. The molecule has 5 nitrogen and oxygen atoms in total. The average Bonchev–Trinajstić information content (AvgIpc) is 2.70. The third-order valence-corrected chi connectivity index (χ3v) is 4.12. The van der Waals surface area contributed by atoms with Crippen molar-refractivity contribution in [1.29, 1.82) is 0 Å². The van der Waals surface area contributed by atoms with E-state index in [4.69, 9.17) is 14.6 Å². The first-order valence-electron chi connectivity index (χ1n) is 9.16. The molecule has 2 aromatic carbocycles. The molecular formula is C22H26O5. The summed E-state index contributed by atoms with van der Waals surface area (Å²) in [5.41, 5.74) is 2.32. The number of hydrogen-bond donors (Lipinski definition) is 1. The van der Waals surface area contributed by atoms with Gasteiger partial charge in [-0.2, -0.15) is 0 Å². The average molecular weight is 370 g/mol. The quantitative estimate of drug-likeness (QED) is 0.353. The summed E-state index contributed by atoms with van der Waals surface area (Å²) in [6, 6.07) is 20.2. The van der Waals surface area contributed by atoms with E-state index in [9.17, 15) is 9.59 Å². The molecular weight excluding hydrogens is 344 g/mol. The SMILES string of the molecule is O=C(COCCCO)CC(=O)OCCC(c1ccccc1)c1ccccc1. The molecule has 2 rings (SSSR count). The van der Waals surface area contributed by atoms with E-state index < -0.39 is 5.97 Å². The Morgan fingerprint density at radius 1 is 0.889 bits per heavy atom. The molecule has 1 N–H and O–H groups in total. The molecule has 5 heteroatoms. The van der Waals surface area contributed by atoms with E-state index >= 15 is 0 Å². The highest BCUT2D eigenvalue weighted by Crippen LogP contribution is 2.27. The van der Waals surface area contributed by atoms with Crippen molar-refractivity contribution in [2.24, 2.45) is 0 Å². The minimum atomic E-state index is -0.536. The third-order valence-electron chi connectivity index (χ3n) is 4.12. The summed E-state index contributed by atoms with van der Waals surface area (Å²) in [5, 5.41) is 8.64. The molecule has 0 aliphatic heterocycles. The van der Waals surface area contributed by atoms with Crippen LogP contribution in [0.1, 0.15) is 36.3 Å². The maximum Gasteiger partial charge on any atom is 0.313 e. The van der Waals surface area contributed by atoms with Gasteiger partial charge < -0.3 is 14.6 Å². The topological polar surface area (TPSA) is 72.8 Å². The fourth-order valence-electron chi connectivity index (χ4n) is 2.80. The summed E-state index contributed by atoms with van der Waals surface area (Å²) in [4.78, 5) is 23.5. The number of carbonyl (C=O) groups is 2. The Hall–Kier alpha value is -2.50. The number of aliphatic hydroxyl groups excluding tert-OH is 1. The highest BCUT2D eigenvalue weighted by atomic mass is 16.5. The van der Waals surface area contributed by atoms with E-state index in [1.54, 1.807) is 0 Å². The van der Waals surface area contributed by atoms with Crippen LogP contribution in [0.15, 0.2) is 60.7 Å². The van der Waals surface area contributed by atoms with Crippen molar-refractivity contribution in [3.8, 4) is 0 Å². The predicted octanol–water partition coefficient (Wildman–Crippen LogP) is 3.11. The zero-order valence-electron chi connectivity index (χ0n) is 15.4. The van der Waals surface area contributed by atoms with Gasteiger partial charge in [0.2, 0.25) is 0 Å². The number of benzene rings is 2. The zero-order valence-corrected chi connectivity index (χ0v) is 15.4. The molecule has 0 radical (unpaired) electrons. The van der Waals surface area contributed by atoms with Gasteiger partial charge in [0.15, 0.2) is 5.78 Å². The normalized spacial score (nSPS) is 10.7. The van der Waals surface area contributed by atoms with Crippen LogP contribution in [0.2, 0.25) is 0 Å². The van der Waals surface area contributed by atoms with E-state index in [1.165, 1.54) is 0 Å². The molecule has 27 heavy (non-hydrogen) atoms. The second-order valence-electron chi connectivity index (χ2n) is 6.23. The van der Waals surface area contributed by atoms with Crippen LogP contribution in [-0.2, 0) is 19.1 Å². The van der Waals surface area contributed by atoms with Gasteiger partial charge in [-0.3, -0.25) is 9.59 Å². The zero-order chi connectivity index (χ0) is 19.3. The van der Waals surface area contributed by atoms with Crippen LogP contribution in [0.3, 0.4) is 0 Å². The first-order chi connectivity index (χ1) is 13.2. The van der Waals surface area contributed by atoms with Gasteiger partial charge in [-0.1, -0.05) is 60.7 Å². The van der Waals surface area contributed by atoms with Crippen LogP contribution in [0.5, 0.6) is 0 Å². The molecule has 2 aromatic rings. The van der Waals surface area contributed by atoms with Crippen molar-refractivity contribution in [3.05, 3.63) is 71.8 Å². The van der Waals surface area contributed by atoms with Gasteiger partial charge in [-0.25, -0.2) is 0 Å². The van der Waals surface area contributed by atoms with Crippen molar-refractivity contribution < 1.29 is 24.2 Å². The Kier molecular flexibility index (Phi) is 9.24. The molecule has 0 fully saturated rings. The molecule has 0 aliphatic rings. The first kappa shape index (κ1) is 20.8. The van der Waals surface area contributed by atoms with Crippen LogP contribution in [-0.4, -0.2) is 43.3 Å². The first-order valence-corrected chi connectivity index (χ1v) is 9.16. The van der Waals surface area contributed by atoms with Crippen molar-refractivity contribution in [2.45, 2.75) is 25.2 Å². The molecule has 0 aliphatic carbocycles. The fraction of sp³-hybridized carbons (Fsp3) is 0.364. The van der Waals surface area contributed by atoms with Crippen molar-refractivity contribution in [2.75, 3.05) is 26.4 Å². The Morgan fingerprint density at radius 2 is 1.48 bits per heavy atom. The third kappa shape index (κ3) is 7.72. The largest absolute Gasteiger partial charge is 0.465 e. The van der Waals surface area contributed by atoms with E-state index in [0.717, 1.165) is 11.1 Å². The van der Waals surface area contributed by atoms with Crippen molar-refractivity contribution in [3.63, 3.8) is 0 Å². The van der Waals surface area contributed by atoms with Crippen LogP contribution < -0.4 is 0 Å². The summed E-state index contributed by atoms with van der Waals surface area (Å²) >= 11 is 0. The summed E-state index contributed by atoms with van der Waals surface area (Å²) < 4.78 is 10.3. The number of Topliss-reactive ketones (excluding diaryl/α,β-unsaturated/α-hetero) is 1. The van der Waals surface area contributed by atoms with E-state index in [2.05, 4.69) is 24.3 Å². The lowest BCUT2D eigenvalue weighted by molar-refractivity contribution is -0.147. The minimum Gasteiger partial charge on any atom is -0.465 e. The highest BCUT2D eigenvalue weighted by molar-refractivity contribution is 5.96. The van der Waals surface area contributed by atoms with Gasteiger partial charge in [0.05, 0.1) is 6.61 Å². The summed E-state index contributed by atoms with van der Waals surface area (Å²) in [5.74, 6) is -0.732. The maximum atomic E-state index is 11.9. The molecule has 0 aromatic heterocycles. The molecule has 144 valence electrons. The molecule has 0 unspecified atom stereocenters. The lowest BCUT2D eigenvalue weighted by Crippen LogP contribution is -2.17. The Bertz CT molecular complexity index is 645. The molecule has 0 saturated carbocycles. The van der Waals surface area contributed by atoms with E-state index in [0.29, 0.717) is 19.4 Å². The molecule has 0 heterocycles. The maximum absolute atomic E-state index is 11.9. The molecule has 0 saturated heterocycles. The Labute approximate surface area is 159 Å². The highest BCUT2D eigenvalue weighted by Gasteiger charge is 2.16. The van der Waals surface area contributed by atoms with Gasteiger partial charge in [-0.15, -0.1) is 0 Å². The second-order valence-corrected chi connectivity index (χ2v) is 6.23. The predicted molar refractivity (Wildman–Crippen MR) is 102 cm³/mol. The van der Waals surface area contributed by atoms with E-state index in [-0.39, 0.29) is 37.9 Å². The molecule has 0 amide bonds. The fourth-order valence-corrected chi connectivity index (χ4v) is 2.80.